The number of halogens is 3. The molecule has 2 rings (SSSR count). The molecule has 0 saturated carbocycles. The fourth-order valence-corrected chi connectivity index (χ4v) is 3.79. The maximum atomic E-state index is 9.81. The normalized spacial score (nSPS) is 25.0. The summed E-state index contributed by atoms with van der Waals surface area (Å²) in [7, 11) is 0.628. The first-order valence-electron chi connectivity index (χ1n) is 9.92. The number of allylic oxidation sites excluding steroid dienone is 6. The van der Waals surface area contributed by atoms with Crippen LogP contribution < -0.4 is 0 Å². The molecule has 2 aliphatic carbocycles. The predicted octanol–water partition coefficient (Wildman–Crippen LogP) is 10.0. The molecular formula is C25H43I3OV2-2. The third-order valence-corrected chi connectivity index (χ3v) is 7.21. The molecule has 0 aromatic carbocycles. The van der Waals surface area contributed by atoms with Gasteiger partial charge in [0, 0.05) is 24.5 Å². The third kappa shape index (κ3) is 11.7. The minimum absolute atomic E-state index is 0. The van der Waals surface area contributed by atoms with Crippen LogP contribution in [0.15, 0.2) is 44.6 Å². The van der Waals surface area contributed by atoms with Gasteiger partial charge in [0.25, 0.3) is 0 Å². The van der Waals surface area contributed by atoms with Crippen molar-refractivity contribution in [1.82, 2.24) is 0 Å². The maximum Gasteiger partial charge on any atom is 0 e. The molecule has 0 spiro atoms. The molecule has 31 heavy (non-hydrogen) atoms. The first kappa shape index (κ1) is 40.4. The largest absolute Gasteiger partial charge is 0 e. The number of rotatable bonds is 0. The summed E-state index contributed by atoms with van der Waals surface area (Å²) in [5.74, 6) is 1.75. The molecule has 0 aromatic rings. The molecular weight excluding hydrogens is 799 g/mol. The standard InChI is InChI=1S/C12H20.C11H18O.CH2I.CH3.2HI.2V/c1-7-8(2)10(4)12(6)11(5)9(7)3;1-6-7(2)9(4)11(12)10(5)8(6)3;1-2;;;;;/h7-8H,1-6H3;9,11-12H,1-5H3;1H2;1H3;2*1H;;/q;;2*-1;;;;+2/p-2. The van der Waals surface area contributed by atoms with E-state index >= 15 is 0 Å². The zero-order chi connectivity index (χ0) is 23.6. The fraction of sp³-hybridized carbons (Fsp3) is 0.600. The van der Waals surface area contributed by atoms with E-state index in [0.29, 0.717) is 9.47 Å². The van der Waals surface area contributed by atoms with Crippen LogP contribution in [0.3, 0.4) is 0 Å². The van der Waals surface area contributed by atoms with Gasteiger partial charge in [0.1, 0.15) is 0 Å². The van der Waals surface area contributed by atoms with Crippen molar-refractivity contribution in [2.45, 2.75) is 82.3 Å². The zero-order valence-electron chi connectivity index (χ0n) is 21.5. The number of aliphatic hydroxyl groups is 1. The van der Waals surface area contributed by atoms with E-state index in [4.69, 9.17) is 0 Å². The van der Waals surface area contributed by atoms with Crippen LogP contribution in [-0.4, -0.2) is 11.2 Å². The molecule has 0 bridgehead atoms. The van der Waals surface area contributed by atoms with E-state index in [1.54, 1.807) is 11.1 Å². The Morgan fingerprint density at radius 3 is 1.06 bits per heavy atom. The summed E-state index contributed by atoms with van der Waals surface area (Å²) in [5.41, 5.74) is 11.2. The van der Waals surface area contributed by atoms with Crippen molar-refractivity contribution in [3.05, 3.63) is 56.9 Å². The quantitative estimate of drug-likeness (QED) is 0.190. The van der Waals surface area contributed by atoms with Crippen LogP contribution in [0.4, 0.5) is 0 Å². The van der Waals surface area contributed by atoms with E-state index in [2.05, 4.69) is 114 Å². The van der Waals surface area contributed by atoms with Crippen molar-refractivity contribution in [2.75, 3.05) is 0 Å². The molecule has 0 heterocycles. The average molecular weight is 842 g/mol. The van der Waals surface area contributed by atoms with Gasteiger partial charge >= 0.3 is 49.4 Å². The second-order valence-electron chi connectivity index (χ2n) is 8.11. The van der Waals surface area contributed by atoms with Crippen LogP contribution in [0.1, 0.15) is 76.2 Å². The molecule has 0 aromatic heterocycles. The Hall–Kier alpha value is 2.28. The predicted molar refractivity (Wildman–Crippen MR) is 161 cm³/mol. The van der Waals surface area contributed by atoms with Crippen molar-refractivity contribution in [2.24, 2.45) is 17.8 Å². The van der Waals surface area contributed by atoms with Gasteiger partial charge in [-0.25, -0.2) is 0 Å². The molecule has 1 radical (unpaired) electrons. The molecule has 4 unspecified atom stereocenters. The van der Waals surface area contributed by atoms with Gasteiger partial charge in [0.15, 0.2) is 0 Å². The van der Waals surface area contributed by atoms with Gasteiger partial charge in [-0.1, -0.05) is 37.5 Å². The maximum absolute atomic E-state index is 9.81. The average Bonchev–Trinajstić information content (AvgIpc) is 2.73. The van der Waals surface area contributed by atoms with Crippen molar-refractivity contribution in [3.63, 3.8) is 0 Å². The summed E-state index contributed by atoms with van der Waals surface area (Å²) in [4.78, 5) is 3.22. The first-order valence-corrected chi connectivity index (χ1v) is 20.5. The van der Waals surface area contributed by atoms with Gasteiger partial charge in [-0.3, -0.25) is 4.93 Å². The first-order chi connectivity index (χ1) is 13.3. The molecule has 6 heteroatoms. The minimum Gasteiger partial charge on any atom is 0 e. The monoisotopic (exact) mass is 842 g/mol. The Morgan fingerprint density at radius 2 is 0.806 bits per heavy atom. The Kier molecular flexibility index (Phi) is 26.7. The van der Waals surface area contributed by atoms with Crippen molar-refractivity contribution >= 4 is 62.5 Å². The summed E-state index contributed by atoms with van der Waals surface area (Å²) in [6.45, 7) is 24.1. The van der Waals surface area contributed by atoms with E-state index in [1.807, 2.05) is 29.5 Å². The van der Waals surface area contributed by atoms with E-state index in [1.165, 1.54) is 27.9 Å². The Labute approximate surface area is 249 Å². The van der Waals surface area contributed by atoms with Crippen molar-refractivity contribution < 1.29 is 33.1 Å². The molecule has 1 nitrogen and oxygen atoms in total. The van der Waals surface area contributed by atoms with Crippen molar-refractivity contribution in [1.29, 1.82) is 0 Å². The van der Waals surface area contributed by atoms with E-state index in [0.717, 1.165) is 17.4 Å². The van der Waals surface area contributed by atoms with Gasteiger partial charge in [-0.05, 0) is 95.1 Å². The van der Waals surface area contributed by atoms with E-state index in [9.17, 15) is 5.11 Å². The summed E-state index contributed by atoms with van der Waals surface area (Å²) in [6.07, 6.45) is -0.270. The second-order valence-corrected chi connectivity index (χ2v) is 19.9. The molecule has 4 atom stereocenters. The van der Waals surface area contributed by atoms with Gasteiger partial charge in [-0.15, -0.1) is 0 Å². The van der Waals surface area contributed by atoms with E-state index in [-0.39, 0.29) is 38.0 Å². The molecule has 182 valence electrons. The number of hydrogen-bond donors (Lipinski definition) is 1. The smallest absolute Gasteiger partial charge is 0 e. The van der Waals surface area contributed by atoms with E-state index < -0.39 is 0 Å². The summed E-state index contributed by atoms with van der Waals surface area (Å²) >= 11 is 6.64. The molecule has 0 aliphatic heterocycles. The zero-order valence-corrected chi connectivity index (χ0v) is 30.8. The number of aliphatic hydroxyl groups excluding tert-OH is 1. The molecule has 1 N–H and O–H groups in total. The minimum atomic E-state index is -0.270. The van der Waals surface area contributed by atoms with Crippen molar-refractivity contribution in [3.8, 4) is 0 Å². The Morgan fingerprint density at radius 1 is 0.613 bits per heavy atom. The molecule has 0 saturated heterocycles. The van der Waals surface area contributed by atoms with Crippen LogP contribution in [0.5, 0.6) is 0 Å². The topological polar surface area (TPSA) is 20.2 Å². The van der Waals surface area contributed by atoms with Crippen LogP contribution >= 0.6 is 62.5 Å². The SMILES string of the molecule is CC1=C(C)C(C)C(C)C(C)=C1C.CC1=C(C)C(C)C(O)C(C)=C1C.[CH2-]I.[CH3-].[I][V][I].[V]. The van der Waals surface area contributed by atoms with Gasteiger partial charge in [-0.2, -0.15) is 0 Å². The Bertz CT molecular complexity index is 552. The number of hydrogen-bond acceptors (Lipinski definition) is 1. The summed E-state index contributed by atoms with van der Waals surface area (Å²) in [5, 5.41) is 9.81. The second kappa shape index (κ2) is 20.5. The van der Waals surface area contributed by atoms with Gasteiger partial charge in [0.05, 0.1) is 6.10 Å². The fourth-order valence-electron chi connectivity index (χ4n) is 3.79. The molecule has 0 amide bonds. The van der Waals surface area contributed by atoms with Crippen LogP contribution in [0.2, 0.25) is 0 Å². The summed E-state index contributed by atoms with van der Waals surface area (Å²) < 4.78 is 0. The molecule has 0 fully saturated rings. The van der Waals surface area contributed by atoms with Crippen LogP contribution in [0.25, 0.3) is 0 Å². The van der Waals surface area contributed by atoms with Crippen LogP contribution in [-0.2, 0) is 28.0 Å². The van der Waals surface area contributed by atoms with Crippen LogP contribution in [0, 0.1) is 30.1 Å². The Balaban J connectivity index is -0.000000185. The third-order valence-electron chi connectivity index (χ3n) is 7.21. The van der Waals surface area contributed by atoms with Gasteiger partial charge < -0.3 is 35.1 Å². The summed E-state index contributed by atoms with van der Waals surface area (Å²) in [6, 6.07) is 0. The van der Waals surface area contributed by atoms with Gasteiger partial charge in [0.2, 0.25) is 0 Å². The molecule has 2 aliphatic rings.